The summed E-state index contributed by atoms with van der Waals surface area (Å²) >= 11 is 5.87. The molecule has 1 aliphatic carbocycles. The van der Waals surface area contributed by atoms with E-state index in [2.05, 4.69) is 10.6 Å². The van der Waals surface area contributed by atoms with Crippen molar-refractivity contribution in [3.05, 3.63) is 82.0 Å². The number of nitrogens with one attached hydrogen (secondary N) is 2. The number of esters is 1. The van der Waals surface area contributed by atoms with Crippen molar-refractivity contribution < 1.29 is 33.0 Å². The van der Waals surface area contributed by atoms with Crippen LogP contribution in [-0.4, -0.2) is 41.3 Å². The van der Waals surface area contributed by atoms with Crippen LogP contribution in [0.3, 0.4) is 0 Å². The number of amides is 2. The first-order valence-electron chi connectivity index (χ1n) is 12.3. The number of carbonyl (C=O) groups excluding carboxylic acids is 4. The molecule has 10 nitrogen and oxygen atoms in total. The van der Waals surface area contributed by atoms with Gasteiger partial charge >= 0.3 is 5.97 Å². The summed E-state index contributed by atoms with van der Waals surface area (Å²) in [6, 6.07) is 12.6. The van der Waals surface area contributed by atoms with Gasteiger partial charge in [-0.05, 0) is 56.3 Å². The Hall–Kier alpha value is -4.51. The zero-order valence-corrected chi connectivity index (χ0v) is 22.2. The van der Waals surface area contributed by atoms with Crippen LogP contribution < -0.4 is 20.9 Å². The highest BCUT2D eigenvalue weighted by Crippen LogP contribution is 2.48. The van der Waals surface area contributed by atoms with Gasteiger partial charge in [0.2, 0.25) is 11.8 Å². The van der Waals surface area contributed by atoms with Gasteiger partial charge in [-0.3, -0.25) is 28.5 Å². The first kappa shape index (κ1) is 28.5. The molecule has 0 spiro atoms. The molecule has 1 aromatic heterocycles. The van der Waals surface area contributed by atoms with E-state index < -0.39 is 46.9 Å². The average Bonchev–Trinajstić information content (AvgIpc) is 3.67. The van der Waals surface area contributed by atoms with Crippen LogP contribution in [0.4, 0.5) is 15.8 Å². The van der Waals surface area contributed by atoms with Crippen LogP contribution in [0.2, 0.25) is 5.02 Å². The SMILES string of the molecule is CCOC(=O)C1[C@@H](C(=O)Nc2ccc(-n3ccc(OCC(C)=O)cc3=O)cc2F)[C@H]1C(=O)Nc1ccc(Cl)cc1. The Morgan fingerprint density at radius 1 is 0.950 bits per heavy atom. The molecule has 3 atom stereocenters. The highest BCUT2D eigenvalue weighted by atomic mass is 35.5. The molecule has 1 unspecified atom stereocenters. The normalized spacial score (nSPS) is 17.4. The van der Waals surface area contributed by atoms with Crippen molar-refractivity contribution in [1.29, 1.82) is 0 Å². The summed E-state index contributed by atoms with van der Waals surface area (Å²) in [6.07, 6.45) is 1.36. The van der Waals surface area contributed by atoms with E-state index in [1.807, 2.05) is 0 Å². The molecule has 2 aromatic carbocycles. The number of carbonyl (C=O) groups is 4. The van der Waals surface area contributed by atoms with Gasteiger partial charge in [0.1, 0.15) is 18.2 Å². The molecule has 1 aliphatic rings. The Kier molecular flexibility index (Phi) is 8.64. The summed E-state index contributed by atoms with van der Waals surface area (Å²) in [4.78, 5) is 61.9. The van der Waals surface area contributed by atoms with Gasteiger partial charge in [0.15, 0.2) is 5.78 Å². The molecule has 40 heavy (non-hydrogen) atoms. The molecule has 12 heteroatoms. The Bertz CT molecular complexity index is 1520. The lowest BCUT2D eigenvalue weighted by molar-refractivity contribution is -0.146. The predicted molar refractivity (Wildman–Crippen MR) is 144 cm³/mol. The van der Waals surface area contributed by atoms with E-state index in [1.165, 1.54) is 31.3 Å². The molecular weight excluding hydrogens is 545 g/mol. The lowest BCUT2D eigenvalue weighted by atomic mass is 10.2. The van der Waals surface area contributed by atoms with E-state index in [4.69, 9.17) is 21.1 Å². The second-order valence-electron chi connectivity index (χ2n) is 9.04. The second-order valence-corrected chi connectivity index (χ2v) is 9.48. The van der Waals surface area contributed by atoms with Gasteiger partial charge in [-0.25, -0.2) is 4.39 Å². The highest BCUT2D eigenvalue weighted by molar-refractivity contribution is 6.30. The van der Waals surface area contributed by atoms with Crippen molar-refractivity contribution in [2.24, 2.45) is 17.8 Å². The fourth-order valence-corrected chi connectivity index (χ4v) is 4.30. The van der Waals surface area contributed by atoms with E-state index in [0.717, 1.165) is 16.7 Å². The number of halogens is 2. The third kappa shape index (κ3) is 6.55. The molecule has 4 rings (SSSR count). The minimum absolute atomic E-state index is 0.0640. The van der Waals surface area contributed by atoms with Crippen LogP contribution in [0.1, 0.15) is 13.8 Å². The largest absolute Gasteiger partial charge is 0.486 e. The second kappa shape index (κ2) is 12.1. The van der Waals surface area contributed by atoms with Gasteiger partial charge in [-0.15, -0.1) is 0 Å². The molecule has 2 amide bonds. The molecule has 1 heterocycles. The van der Waals surface area contributed by atoms with Crippen molar-refractivity contribution in [3.63, 3.8) is 0 Å². The Morgan fingerprint density at radius 2 is 1.62 bits per heavy atom. The topological polar surface area (TPSA) is 133 Å². The fraction of sp³-hybridized carbons (Fsp3) is 0.250. The maximum Gasteiger partial charge on any atom is 0.310 e. The number of hydrogen-bond acceptors (Lipinski definition) is 7. The quantitative estimate of drug-likeness (QED) is 0.356. The minimum Gasteiger partial charge on any atom is -0.486 e. The minimum atomic E-state index is -1.07. The number of anilines is 2. The molecule has 208 valence electrons. The van der Waals surface area contributed by atoms with E-state index in [9.17, 15) is 28.4 Å². The van der Waals surface area contributed by atoms with Gasteiger partial charge in [0, 0.05) is 29.0 Å². The Labute approximate surface area is 233 Å². The third-order valence-electron chi connectivity index (χ3n) is 6.12. The number of pyridine rings is 1. The summed E-state index contributed by atoms with van der Waals surface area (Å²) in [5.41, 5.74) is -0.121. The number of Topliss-reactive ketones (excluding diaryl/α,β-unsaturated/α-hetero) is 1. The number of aromatic nitrogens is 1. The standard InChI is InChI=1S/C28H25ClFN3O7/c1-3-39-28(38)25-23(26(36)31-17-6-4-16(29)5-7-17)24(25)27(37)32-21-9-8-18(12-20(21)30)33-11-10-19(13-22(33)35)40-14-15(2)34/h4-13,23-25H,3,14H2,1-2H3,(H,31,36)(H,32,37)/t23-,24+,25?/m1/s1. The maximum absolute atomic E-state index is 15.0. The van der Waals surface area contributed by atoms with Crippen molar-refractivity contribution in [2.45, 2.75) is 13.8 Å². The molecule has 0 radical (unpaired) electrons. The number of ketones is 1. The van der Waals surface area contributed by atoms with Crippen LogP contribution in [0.5, 0.6) is 5.75 Å². The van der Waals surface area contributed by atoms with Crippen molar-refractivity contribution in [3.8, 4) is 11.4 Å². The average molecular weight is 570 g/mol. The maximum atomic E-state index is 15.0. The number of nitrogens with zero attached hydrogens (tertiary/aromatic N) is 1. The molecule has 1 saturated carbocycles. The summed E-state index contributed by atoms with van der Waals surface area (Å²) < 4.78 is 26.4. The molecular formula is C28H25ClFN3O7. The number of benzene rings is 2. The van der Waals surface area contributed by atoms with Crippen molar-refractivity contribution in [1.82, 2.24) is 4.57 Å². The van der Waals surface area contributed by atoms with Crippen LogP contribution in [-0.2, 0) is 23.9 Å². The number of rotatable bonds is 10. The zero-order chi connectivity index (χ0) is 29.0. The van der Waals surface area contributed by atoms with Crippen LogP contribution in [0, 0.1) is 23.6 Å². The van der Waals surface area contributed by atoms with Crippen LogP contribution in [0.15, 0.2) is 65.6 Å². The monoisotopic (exact) mass is 569 g/mol. The van der Waals surface area contributed by atoms with Crippen LogP contribution in [0.25, 0.3) is 5.69 Å². The van der Waals surface area contributed by atoms with Gasteiger partial charge < -0.3 is 20.1 Å². The molecule has 0 aliphatic heterocycles. The molecule has 1 fully saturated rings. The molecule has 0 bridgehead atoms. The third-order valence-corrected chi connectivity index (χ3v) is 6.37. The van der Waals surface area contributed by atoms with E-state index in [-0.39, 0.29) is 36.1 Å². The van der Waals surface area contributed by atoms with Crippen molar-refractivity contribution >= 4 is 46.5 Å². The summed E-state index contributed by atoms with van der Waals surface area (Å²) in [5, 5.41) is 5.55. The van der Waals surface area contributed by atoms with E-state index in [0.29, 0.717) is 10.7 Å². The number of ether oxygens (including phenoxy) is 2. The van der Waals surface area contributed by atoms with Crippen LogP contribution >= 0.6 is 11.6 Å². The van der Waals surface area contributed by atoms with Crippen molar-refractivity contribution in [2.75, 3.05) is 23.8 Å². The van der Waals surface area contributed by atoms with Gasteiger partial charge in [-0.1, -0.05) is 11.6 Å². The Morgan fingerprint density at radius 3 is 2.23 bits per heavy atom. The van der Waals surface area contributed by atoms with Gasteiger partial charge in [0.05, 0.1) is 35.7 Å². The molecule has 2 N–H and O–H groups in total. The summed E-state index contributed by atoms with van der Waals surface area (Å²) in [5.74, 6) is -5.98. The van der Waals surface area contributed by atoms with E-state index >= 15 is 0 Å². The van der Waals surface area contributed by atoms with Gasteiger partial charge in [-0.2, -0.15) is 0 Å². The highest BCUT2D eigenvalue weighted by Gasteiger charge is 2.63. The van der Waals surface area contributed by atoms with E-state index in [1.54, 1.807) is 31.2 Å². The predicted octanol–water partition coefficient (Wildman–Crippen LogP) is 3.60. The van der Waals surface area contributed by atoms with Gasteiger partial charge in [0.25, 0.3) is 5.56 Å². The lowest BCUT2D eigenvalue weighted by Gasteiger charge is -2.11. The fourth-order valence-electron chi connectivity index (χ4n) is 4.17. The molecule has 0 saturated heterocycles. The zero-order valence-electron chi connectivity index (χ0n) is 21.5. The summed E-state index contributed by atoms with van der Waals surface area (Å²) in [7, 11) is 0. The summed E-state index contributed by atoms with van der Waals surface area (Å²) in [6.45, 7) is 2.83. The number of hydrogen-bond donors (Lipinski definition) is 2. The first-order valence-corrected chi connectivity index (χ1v) is 12.7. The molecule has 3 aromatic rings. The smallest absolute Gasteiger partial charge is 0.310 e. The Balaban J connectivity index is 1.48. The first-order chi connectivity index (χ1) is 19.1. The lowest BCUT2D eigenvalue weighted by Crippen LogP contribution is -2.21.